The molecule has 0 aliphatic heterocycles. The van der Waals surface area contributed by atoms with Crippen molar-refractivity contribution in [2.45, 2.75) is 45.8 Å². The lowest BCUT2D eigenvalue weighted by molar-refractivity contribution is -0.0201. The van der Waals surface area contributed by atoms with Gasteiger partial charge in [0.05, 0.1) is 18.8 Å². The highest BCUT2D eigenvalue weighted by Crippen LogP contribution is 2.37. The van der Waals surface area contributed by atoms with Crippen molar-refractivity contribution in [3.63, 3.8) is 0 Å². The van der Waals surface area contributed by atoms with Crippen molar-refractivity contribution in [1.82, 2.24) is 0 Å². The standard InChI is InChI=1S/C15H25NO2/c1-7-15(4,18-6)14(16)13-11(3)8-10(2)9-12(13)17-5/h8-9,14H,7,16H2,1-6H3. The third-order valence-corrected chi connectivity index (χ3v) is 3.85. The van der Waals surface area contributed by atoms with E-state index >= 15 is 0 Å². The van der Waals surface area contributed by atoms with Crippen molar-refractivity contribution >= 4 is 0 Å². The average Bonchev–Trinajstić information content (AvgIpc) is 2.36. The minimum absolute atomic E-state index is 0.206. The van der Waals surface area contributed by atoms with E-state index in [0.29, 0.717) is 0 Å². The van der Waals surface area contributed by atoms with E-state index in [-0.39, 0.29) is 11.6 Å². The summed E-state index contributed by atoms with van der Waals surface area (Å²) in [5, 5.41) is 0. The van der Waals surface area contributed by atoms with Gasteiger partial charge in [-0.2, -0.15) is 0 Å². The van der Waals surface area contributed by atoms with Crippen molar-refractivity contribution in [2.24, 2.45) is 5.73 Å². The van der Waals surface area contributed by atoms with Crippen molar-refractivity contribution in [1.29, 1.82) is 0 Å². The van der Waals surface area contributed by atoms with Crippen LogP contribution in [-0.2, 0) is 4.74 Å². The van der Waals surface area contributed by atoms with Gasteiger partial charge < -0.3 is 15.2 Å². The topological polar surface area (TPSA) is 44.5 Å². The van der Waals surface area contributed by atoms with Gasteiger partial charge in [-0.1, -0.05) is 13.0 Å². The molecule has 0 heterocycles. The van der Waals surface area contributed by atoms with Gasteiger partial charge in [-0.05, 0) is 44.4 Å². The number of benzene rings is 1. The van der Waals surface area contributed by atoms with Crippen LogP contribution < -0.4 is 10.5 Å². The van der Waals surface area contributed by atoms with Crippen molar-refractivity contribution < 1.29 is 9.47 Å². The molecule has 0 amide bonds. The number of hydrogen-bond donors (Lipinski definition) is 1. The van der Waals surface area contributed by atoms with E-state index in [9.17, 15) is 0 Å². The zero-order valence-electron chi connectivity index (χ0n) is 12.3. The summed E-state index contributed by atoms with van der Waals surface area (Å²) < 4.78 is 11.1. The molecule has 18 heavy (non-hydrogen) atoms. The minimum atomic E-state index is -0.382. The fraction of sp³-hybridized carbons (Fsp3) is 0.600. The lowest BCUT2D eigenvalue weighted by Gasteiger charge is -2.35. The largest absolute Gasteiger partial charge is 0.496 e. The average molecular weight is 251 g/mol. The predicted molar refractivity (Wildman–Crippen MR) is 75.1 cm³/mol. The Balaban J connectivity index is 3.32. The van der Waals surface area contributed by atoms with Gasteiger partial charge in [-0.25, -0.2) is 0 Å². The zero-order valence-corrected chi connectivity index (χ0v) is 12.3. The van der Waals surface area contributed by atoms with E-state index < -0.39 is 0 Å². The Labute approximate surface area is 110 Å². The smallest absolute Gasteiger partial charge is 0.124 e. The Kier molecular flexibility index (Phi) is 4.77. The van der Waals surface area contributed by atoms with Crippen LogP contribution in [0, 0.1) is 13.8 Å². The third kappa shape index (κ3) is 2.68. The van der Waals surface area contributed by atoms with Crippen LogP contribution in [0.3, 0.4) is 0 Å². The molecule has 0 aliphatic rings. The van der Waals surface area contributed by atoms with Crippen molar-refractivity contribution in [3.05, 3.63) is 28.8 Å². The van der Waals surface area contributed by atoms with Gasteiger partial charge in [0.1, 0.15) is 5.75 Å². The number of methoxy groups -OCH3 is 2. The maximum absolute atomic E-state index is 6.42. The molecule has 102 valence electrons. The SMILES string of the molecule is CCC(C)(OC)C(N)c1c(C)cc(C)cc1OC. The van der Waals surface area contributed by atoms with Crippen LogP contribution in [0.5, 0.6) is 5.75 Å². The molecule has 1 aromatic carbocycles. The molecule has 0 saturated heterocycles. The van der Waals surface area contributed by atoms with E-state index in [1.165, 1.54) is 5.56 Å². The van der Waals surface area contributed by atoms with Gasteiger partial charge in [0.25, 0.3) is 0 Å². The first-order valence-electron chi connectivity index (χ1n) is 6.35. The molecule has 0 fully saturated rings. The van der Waals surface area contributed by atoms with Crippen LogP contribution in [0.15, 0.2) is 12.1 Å². The van der Waals surface area contributed by atoms with Crippen molar-refractivity contribution in [3.8, 4) is 5.75 Å². The third-order valence-electron chi connectivity index (χ3n) is 3.85. The molecule has 1 aromatic rings. The monoisotopic (exact) mass is 251 g/mol. The van der Waals surface area contributed by atoms with Crippen LogP contribution in [0.25, 0.3) is 0 Å². The van der Waals surface area contributed by atoms with E-state index in [2.05, 4.69) is 26.8 Å². The Morgan fingerprint density at radius 2 is 1.89 bits per heavy atom. The number of ether oxygens (including phenoxy) is 2. The summed E-state index contributed by atoms with van der Waals surface area (Å²) in [7, 11) is 3.39. The summed E-state index contributed by atoms with van der Waals surface area (Å²) in [4.78, 5) is 0. The second kappa shape index (κ2) is 5.72. The highest BCUT2D eigenvalue weighted by Gasteiger charge is 2.33. The molecule has 0 aromatic heterocycles. The van der Waals surface area contributed by atoms with Crippen LogP contribution in [0.1, 0.15) is 43.0 Å². The molecule has 0 bridgehead atoms. The fourth-order valence-electron chi connectivity index (χ4n) is 2.30. The summed E-state index contributed by atoms with van der Waals surface area (Å²) >= 11 is 0. The van der Waals surface area contributed by atoms with Gasteiger partial charge in [0.15, 0.2) is 0 Å². The molecule has 2 atom stereocenters. The summed E-state index contributed by atoms with van der Waals surface area (Å²) in [6.45, 7) is 8.24. The first kappa shape index (κ1) is 15.0. The highest BCUT2D eigenvalue weighted by atomic mass is 16.5. The Morgan fingerprint density at radius 1 is 1.28 bits per heavy atom. The molecular weight excluding hydrogens is 226 g/mol. The van der Waals surface area contributed by atoms with Crippen LogP contribution >= 0.6 is 0 Å². The predicted octanol–water partition coefficient (Wildman–Crippen LogP) is 3.13. The van der Waals surface area contributed by atoms with Crippen molar-refractivity contribution in [2.75, 3.05) is 14.2 Å². The molecule has 2 unspecified atom stereocenters. The molecule has 2 N–H and O–H groups in total. The normalized spacial score (nSPS) is 16.2. The number of hydrogen-bond acceptors (Lipinski definition) is 3. The second-order valence-corrected chi connectivity index (χ2v) is 5.05. The summed E-state index contributed by atoms with van der Waals surface area (Å²) in [5.74, 6) is 0.844. The quantitative estimate of drug-likeness (QED) is 0.874. The fourth-order valence-corrected chi connectivity index (χ4v) is 2.30. The maximum Gasteiger partial charge on any atom is 0.124 e. The number of rotatable bonds is 5. The zero-order chi connectivity index (χ0) is 13.9. The maximum atomic E-state index is 6.42. The molecule has 0 spiro atoms. The van der Waals surface area contributed by atoms with Crippen LogP contribution in [-0.4, -0.2) is 19.8 Å². The molecular formula is C15H25NO2. The minimum Gasteiger partial charge on any atom is -0.496 e. The Morgan fingerprint density at radius 3 is 2.33 bits per heavy atom. The van der Waals surface area contributed by atoms with Gasteiger partial charge in [0.2, 0.25) is 0 Å². The molecule has 0 aliphatic carbocycles. The van der Waals surface area contributed by atoms with Gasteiger partial charge in [-0.3, -0.25) is 0 Å². The van der Waals surface area contributed by atoms with E-state index in [1.54, 1.807) is 14.2 Å². The molecule has 3 heteroatoms. The number of nitrogens with two attached hydrogens (primary N) is 1. The molecule has 1 rings (SSSR count). The molecule has 0 radical (unpaired) electrons. The Hall–Kier alpha value is -1.06. The van der Waals surface area contributed by atoms with E-state index in [4.69, 9.17) is 15.2 Å². The Bertz CT molecular complexity index is 411. The van der Waals surface area contributed by atoms with E-state index in [1.807, 2.05) is 13.0 Å². The highest BCUT2D eigenvalue weighted by molar-refractivity contribution is 5.46. The first-order chi connectivity index (χ1) is 8.39. The lowest BCUT2D eigenvalue weighted by atomic mass is 9.85. The lowest BCUT2D eigenvalue weighted by Crippen LogP contribution is -2.40. The van der Waals surface area contributed by atoms with Gasteiger partial charge in [-0.15, -0.1) is 0 Å². The van der Waals surface area contributed by atoms with Crippen LogP contribution in [0.2, 0.25) is 0 Å². The summed E-state index contributed by atoms with van der Waals surface area (Å²) in [5.41, 5.74) is 9.40. The van der Waals surface area contributed by atoms with Gasteiger partial charge >= 0.3 is 0 Å². The summed E-state index contributed by atoms with van der Waals surface area (Å²) in [6, 6.07) is 3.94. The van der Waals surface area contributed by atoms with E-state index in [0.717, 1.165) is 23.3 Å². The van der Waals surface area contributed by atoms with Gasteiger partial charge in [0, 0.05) is 12.7 Å². The summed E-state index contributed by atoms with van der Waals surface area (Å²) in [6.07, 6.45) is 0.848. The molecule has 3 nitrogen and oxygen atoms in total. The second-order valence-electron chi connectivity index (χ2n) is 5.05. The first-order valence-corrected chi connectivity index (χ1v) is 6.35. The van der Waals surface area contributed by atoms with Crippen LogP contribution in [0.4, 0.5) is 0 Å². The number of aryl methyl sites for hydroxylation is 2. The molecule has 0 saturated carbocycles.